The van der Waals surface area contributed by atoms with Gasteiger partial charge in [0.05, 0.1) is 55.7 Å². The number of ether oxygens (including phenoxy) is 6. The SMILES string of the molecule is CCOc1ccc([C@@H]2C(C(=O)OC)=CN=c3s/c(=C\c4cc(Cl)c(OCC(=O)OC)c(OC)c4)c(=O)n32)cc1OCC. The molecular formula is C29H29ClN2O9S. The standard InChI is InChI=1S/C29H29ClN2O9S/c1-6-39-20-9-8-17(13-21(20)40-7-2)25-18(28(35)38-5)14-31-29-32(25)27(34)23(42-29)12-16-10-19(30)26(22(11-16)36-3)41-15-24(33)37-4/h8-14,25H,6-7,15H2,1-5H3/b23-12-/t25-/m1/s1. The molecule has 3 aromatic rings. The van der Waals surface area contributed by atoms with E-state index in [1.165, 1.54) is 32.1 Å². The Morgan fingerprint density at radius 2 is 1.74 bits per heavy atom. The fourth-order valence-electron chi connectivity index (χ4n) is 4.29. The minimum atomic E-state index is -0.835. The van der Waals surface area contributed by atoms with Gasteiger partial charge in [-0.15, -0.1) is 0 Å². The van der Waals surface area contributed by atoms with E-state index in [-0.39, 0.29) is 34.3 Å². The number of rotatable bonds is 11. The molecule has 4 rings (SSSR count). The second-order valence-corrected chi connectivity index (χ2v) is 10.1. The first-order valence-corrected chi connectivity index (χ1v) is 14.0. The third-order valence-corrected chi connectivity index (χ3v) is 7.40. The largest absolute Gasteiger partial charge is 0.493 e. The molecule has 222 valence electrons. The number of benzene rings is 2. The van der Waals surface area contributed by atoms with Crippen LogP contribution in [0.3, 0.4) is 0 Å². The van der Waals surface area contributed by atoms with E-state index >= 15 is 0 Å². The van der Waals surface area contributed by atoms with Crippen LogP contribution in [0.5, 0.6) is 23.0 Å². The highest BCUT2D eigenvalue weighted by Gasteiger charge is 2.31. The van der Waals surface area contributed by atoms with Crippen LogP contribution >= 0.6 is 22.9 Å². The van der Waals surface area contributed by atoms with E-state index in [1.54, 1.807) is 36.4 Å². The molecule has 1 aliphatic rings. The highest BCUT2D eigenvalue weighted by Crippen LogP contribution is 2.37. The number of thiazole rings is 1. The van der Waals surface area contributed by atoms with Gasteiger partial charge in [0.1, 0.15) is 0 Å². The molecule has 1 atom stereocenters. The summed E-state index contributed by atoms with van der Waals surface area (Å²) in [6.45, 7) is 4.19. The van der Waals surface area contributed by atoms with Gasteiger partial charge in [-0.05, 0) is 55.3 Å². The molecule has 0 N–H and O–H groups in total. The molecule has 11 nitrogen and oxygen atoms in total. The number of hydrogen-bond acceptors (Lipinski definition) is 11. The van der Waals surface area contributed by atoms with Crippen molar-refractivity contribution in [2.45, 2.75) is 19.9 Å². The predicted octanol–water partition coefficient (Wildman–Crippen LogP) is 3.03. The van der Waals surface area contributed by atoms with E-state index in [9.17, 15) is 14.4 Å². The van der Waals surface area contributed by atoms with Crippen LogP contribution < -0.4 is 33.8 Å². The predicted molar refractivity (Wildman–Crippen MR) is 155 cm³/mol. The minimum Gasteiger partial charge on any atom is -0.493 e. The van der Waals surface area contributed by atoms with Crippen LogP contribution in [0, 0.1) is 0 Å². The first kappa shape index (κ1) is 30.7. The Kier molecular flexibility index (Phi) is 9.92. The van der Waals surface area contributed by atoms with E-state index in [0.29, 0.717) is 45.2 Å². The molecule has 0 aliphatic carbocycles. The molecule has 1 aromatic heterocycles. The summed E-state index contributed by atoms with van der Waals surface area (Å²) in [4.78, 5) is 43.0. The highest BCUT2D eigenvalue weighted by atomic mass is 35.5. The molecule has 13 heteroatoms. The van der Waals surface area contributed by atoms with E-state index in [1.807, 2.05) is 13.8 Å². The molecule has 0 fully saturated rings. The number of nitrogens with zero attached hydrogens (tertiary/aromatic N) is 2. The molecular weight excluding hydrogens is 588 g/mol. The number of carbonyl (C=O) groups is 2. The van der Waals surface area contributed by atoms with Crippen LogP contribution in [-0.4, -0.2) is 57.7 Å². The molecule has 0 saturated carbocycles. The van der Waals surface area contributed by atoms with Crippen LogP contribution in [0.25, 0.3) is 6.08 Å². The summed E-state index contributed by atoms with van der Waals surface area (Å²) in [5, 5.41) is 0.168. The molecule has 2 aromatic carbocycles. The summed E-state index contributed by atoms with van der Waals surface area (Å²) < 4.78 is 33.7. The number of carbonyl (C=O) groups excluding carboxylic acids is 2. The van der Waals surface area contributed by atoms with Gasteiger partial charge in [0.2, 0.25) is 0 Å². The first-order chi connectivity index (χ1) is 20.3. The number of fused-ring (bicyclic) bond motifs is 1. The fourth-order valence-corrected chi connectivity index (χ4v) is 5.53. The van der Waals surface area contributed by atoms with Crippen molar-refractivity contribution in [3.05, 3.63) is 77.9 Å². The van der Waals surface area contributed by atoms with Crippen molar-refractivity contribution < 1.29 is 38.0 Å². The van der Waals surface area contributed by atoms with Crippen LogP contribution in [0.1, 0.15) is 31.0 Å². The van der Waals surface area contributed by atoms with E-state index in [4.69, 9.17) is 35.3 Å². The van der Waals surface area contributed by atoms with E-state index in [0.717, 1.165) is 11.3 Å². The highest BCUT2D eigenvalue weighted by molar-refractivity contribution is 7.07. The van der Waals surface area contributed by atoms with Crippen LogP contribution in [0.2, 0.25) is 5.02 Å². The average molecular weight is 617 g/mol. The Hall–Kier alpha value is -4.29. The molecule has 0 spiro atoms. The summed E-state index contributed by atoms with van der Waals surface area (Å²) >= 11 is 7.58. The zero-order chi connectivity index (χ0) is 30.4. The molecule has 0 radical (unpaired) electrons. The van der Waals surface area contributed by atoms with Crippen LogP contribution in [-0.2, 0) is 19.1 Å². The molecule has 1 aliphatic heterocycles. The Balaban J connectivity index is 1.84. The topological polar surface area (TPSA) is 124 Å². The number of hydrogen-bond donors (Lipinski definition) is 0. The summed E-state index contributed by atoms with van der Waals surface area (Å²) in [6.07, 6.45) is 3.04. The summed E-state index contributed by atoms with van der Waals surface area (Å²) in [7, 11) is 3.94. The van der Waals surface area contributed by atoms with Crippen molar-refractivity contribution in [2.75, 3.05) is 41.2 Å². The van der Waals surface area contributed by atoms with Gasteiger partial charge >= 0.3 is 11.9 Å². The van der Waals surface area contributed by atoms with Gasteiger partial charge in [0, 0.05) is 6.20 Å². The molecule has 0 saturated heterocycles. The third-order valence-electron chi connectivity index (χ3n) is 6.12. The fraction of sp³-hybridized carbons (Fsp3) is 0.310. The third kappa shape index (κ3) is 6.29. The molecule has 2 heterocycles. The van der Waals surface area contributed by atoms with Gasteiger partial charge in [0.15, 0.2) is 34.4 Å². The smallest absolute Gasteiger partial charge is 0.343 e. The minimum absolute atomic E-state index is 0.159. The quantitative estimate of drug-likeness (QED) is 0.299. The lowest BCUT2D eigenvalue weighted by Crippen LogP contribution is -2.39. The number of aromatic nitrogens is 1. The van der Waals surface area contributed by atoms with Gasteiger partial charge in [0.25, 0.3) is 5.56 Å². The van der Waals surface area contributed by atoms with Crippen molar-refractivity contribution >= 4 is 41.0 Å². The summed E-state index contributed by atoms with van der Waals surface area (Å²) in [6, 6.07) is 7.62. The lowest BCUT2D eigenvalue weighted by Gasteiger charge is -2.23. The monoisotopic (exact) mass is 616 g/mol. The van der Waals surface area contributed by atoms with E-state index < -0.39 is 18.0 Å². The van der Waals surface area contributed by atoms with Crippen LogP contribution in [0.4, 0.5) is 0 Å². The second kappa shape index (κ2) is 13.6. The van der Waals surface area contributed by atoms with Crippen molar-refractivity contribution in [2.24, 2.45) is 4.99 Å². The van der Waals surface area contributed by atoms with Gasteiger partial charge in [-0.3, -0.25) is 9.36 Å². The first-order valence-electron chi connectivity index (χ1n) is 12.8. The van der Waals surface area contributed by atoms with Crippen molar-refractivity contribution in [3.63, 3.8) is 0 Å². The van der Waals surface area contributed by atoms with Gasteiger partial charge < -0.3 is 28.4 Å². The Morgan fingerprint density at radius 3 is 2.40 bits per heavy atom. The lowest BCUT2D eigenvalue weighted by molar-refractivity contribution is -0.143. The van der Waals surface area contributed by atoms with Crippen molar-refractivity contribution in [1.82, 2.24) is 4.57 Å². The zero-order valence-corrected chi connectivity index (χ0v) is 25.2. The van der Waals surface area contributed by atoms with Gasteiger partial charge in [-0.25, -0.2) is 14.6 Å². The average Bonchev–Trinajstić information content (AvgIpc) is 3.30. The van der Waals surface area contributed by atoms with Crippen molar-refractivity contribution in [1.29, 1.82) is 0 Å². The van der Waals surface area contributed by atoms with E-state index in [2.05, 4.69) is 9.73 Å². The normalized spacial score (nSPS) is 14.3. The molecule has 0 amide bonds. The Bertz CT molecular complexity index is 1710. The maximum absolute atomic E-state index is 13.9. The maximum Gasteiger partial charge on any atom is 0.343 e. The summed E-state index contributed by atoms with van der Waals surface area (Å²) in [5.74, 6) is 0.241. The number of halogens is 1. The van der Waals surface area contributed by atoms with Crippen LogP contribution in [0.15, 0.2) is 51.9 Å². The van der Waals surface area contributed by atoms with Crippen molar-refractivity contribution in [3.8, 4) is 23.0 Å². The molecule has 0 unspecified atom stereocenters. The second-order valence-electron chi connectivity index (χ2n) is 8.65. The zero-order valence-electron chi connectivity index (χ0n) is 23.6. The molecule has 0 bridgehead atoms. The Labute approximate surface area is 250 Å². The maximum atomic E-state index is 13.9. The van der Waals surface area contributed by atoms with Gasteiger partial charge in [-0.1, -0.05) is 29.0 Å². The molecule has 42 heavy (non-hydrogen) atoms. The Morgan fingerprint density at radius 1 is 1.00 bits per heavy atom. The number of esters is 2. The lowest BCUT2D eigenvalue weighted by atomic mass is 9.97. The number of methoxy groups -OCH3 is 3. The van der Waals surface area contributed by atoms with Gasteiger partial charge in [-0.2, -0.15) is 0 Å². The summed E-state index contributed by atoms with van der Waals surface area (Å²) in [5.41, 5.74) is 0.944.